The van der Waals surface area contributed by atoms with Gasteiger partial charge in [0.15, 0.2) is 0 Å². The number of carbonyl (C=O) groups excluding carboxylic acids is 1. The molecule has 2 heterocycles. The Morgan fingerprint density at radius 3 is 2.30 bits per heavy atom. The molecule has 2 atom stereocenters. The van der Waals surface area contributed by atoms with Gasteiger partial charge in [0.25, 0.3) is 0 Å². The largest absolute Gasteiger partial charge is 0.481 e. The third-order valence-electron chi connectivity index (χ3n) is 4.45. The first kappa shape index (κ1) is 18.0. The van der Waals surface area contributed by atoms with E-state index in [4.69, 9.17) is 0 Å². The van der Waals surface area contributed by atoms with Crippen molar-refractivity contribution in [3.63, 3.8) is 0 Å². The number of carboxylic acids is 1. The van der Waals surface area contributed by atoms with E-state index >= 15 is 0 Å². The number of hydrogen-bond acceptors (Lipinski definition) is 4. The number of rotatable bonds is 4. The van der Waals surface area contributed by atoms with Gasteiger partial charge in [0.2, 0.25) is 15.9 Å². The number of fused-ring (bicyclic) bond motifs is 1. The molecular weight excluding hydrogens is 341 g/mol. The van der Waals surface area contributed by atoms with E-state index < -0.39 is 52.3 Å². The minimum absolute atomic E-state index is 0.0466. The van der Waals surface area contributed by atoms with Crippen molar-refractivity contribution >= 4 is 21.9 Å². The van der Waals surface area contributed by atoms with Crippen LogP contribution in [0.4, 0.5) is 13.2 Å². The van der Waals surface area contributed by atoms with Crippen LogP contribution in [0.25, 0.3) is 0 Å². The number of hydrogen-bond donors (Lipinski definition) is 1. The maximum absolute atomic E-state index is 12.2. The van der Waals surface area contributed by atoms with Gasteiger partial charge >= 0.3 is 12.1 Å². The quantitative estimate of drug-likeness (QED) is 0.771. The van der Waals surface area contributed by atoms with Crippen LogP contribution in [0.3, 0.4) is 0 Å². The lowest BCUT2D eigenvalue weighted by molar-refractivity contribution is -0.151. The second-order valence-corrected chi connectivity index (χ2v) is 8.09. The fourth-order valence-corrected chi connectivity index (χ4v) is 4.09. The summed E-state index contributed by atoms with van der Waals surface area (Å²) in [6, 6.07) is 0. The van der Waals surface area contributed by atoms with Crippen LogP contribution in [0.2, 0.25) is 0 Å². The average molecular weight is 358 g/mol. The van der Waals surface area contributed by atoms with Crippen LogP contribution in [0.15, 0.2) is 0 Å². The van der Waals surface area contributed by atoms with Crippen LogP contribution in [-0.4, -0.2) is 73.2 Å². The summed E-state index contributed by atoms with van der Waals surface area (Å²) in [7, 11) is -3.57. The second-order valence-electron chi connectivity index (χ2n) is 6.10. The summed E-state index contributed by atoms with van der Waals surface area (Å²) >= 11 is 0. The number of carboxylic acid groups (broad SMARTS) is 1. The highest BCUT2D eigenvalue weighted by molar-refractivity contribution is 7.88. The predicted molar refractivity (Wildman–Crippen MR) is 71.8 cm³/mol. The highest BCUT2D eigenvalue weighted by Gasteiger charge is 2.60. The summed E-state index contributed by atoms with van der Waals surface area (Å²) < 4.78 is 60.8. The van der Waals surface area contributed by atoms with Crippen LogP contribution in [0.1, 0.15) is 12.8 Å². The van der Waals surface area contributed by atoms with Crippen LogP contribution in [-0.2, 0) is 19.6 Å². The Kier molecular flexibility index (Phi) is 4.39. The van der Waals surface area contributed by atoms with E-state index in [-0.39, 0.29) is 26.2 Å². The van der Waals surface area contributed by atoms with Gasteiger partial charge in [0, 0.05) is 38.5 Å². The van der Waals surface area contributed by atoms with E-state index in [1.807, 2.05) is 0 Å². The van der Waals surface area contributed by atoms with Gasteiger partial charge < -0.3 is 10.0 Å². The Balaban J connectivity index is 2.10. The smallest absolute Gasteiger partial charge is 0.389 e. The van der Waals surface area contributed by atoms with E-state index in [1.165, 1.54) is 0 Å². The van der Waals surface area contributed by atoms with E-state index in [9.17, 15) is 36.3 Å². The maximum atomic E-state index is 12.2. The van der Waals surface area contributed by atoms with Crippen molar-refractivity contribution in [3.05, 3.63) is 0 Å². The molecule has 11 heteroatoms. The number of amides is 1. The topological polar surface area (TPSA) is 95.0 Å². The molecular formula is C12H17F3N2O5S. The molecule has 0 unspecified atom stereocenters. The lowest BCUT2D eigenvalue weighted by Crippen LogP contribution is -2.43. The Labute approximate surface area is 131 Å². The van der Waals surface area contributed by atoms with Crippen molar-refractivity contribution in [2.24, 2.45) is 11.3 Å². The molecule has 2 fully saturated rings. The summed E-state index contributed by atoms with van der Waals surface area (Å²) in [5.74, 6) is -2.62. The highest BCUT2D eigenvalue weighted by atomic mass is 32.2. The van der Waals surface area contributed by atoms with Crippen LogP contribution in [0.5, 0.6) is 0 Å². The van der Waals surface area contributed by atoms with Crippen molar-refractivity contribution in [2.45, 2.75) is 19.0 Å². The molecule has 0 saturated carbocycles. The molecule has 7 nitrogen and oxygen atoms in total. The summed E-state index contributed by atoms with van der Waals surface area (Å²) in [5.41, 5.74) is -1.45. The SMILES string of the molecule is CS(=O)(=O)N1C[C@H]2CN(C(=O)CCC(F)(F)F)C[C@@]2(C(=O)O)C1. The molecule has 23 heavy (non-hydrogen) atoms. The fourth-order valence-electron chi connectivity index (χ4n) is 3.17. The first-order valence-electron chi connectivity index (χ1n) is 6.88. The predicted octanol–water partition coefficient (Wildman–Crippen LogP) is 0.133. The Morgan fingerprint density at radius 1 is 1.26 bits per heavy atom. The van der Waals surface area contributed by atoms with Gasteiger partial charge in [-0.1, -0.05) is 0 Å². The van der Waals surface area contributed by atoms with Crippen LogP contribution < -0.4 is 0 Å². The van der Waals surface area contributed by atoms with Gasteiger partial charge in [0.1, 0.15) is 5.41 Å². The first-order chi connectivity index (χ1) is 10.3. The molecule has 0 aromatic heterocycles. The van der Waals surface area contributed by atoms with E-state index in [1.54, 1.807) is 0 Å². The first-order valence-corrected chi connectivity index (χ1v) is 8.73. The lowest BCUT2D eigenvalue weighted by atomic mass is 9.81. The van der Waals surface area contributed by atoms with Gasteiger partial charge in [-0.2, -0.15) is 13.2 Å². The van der Waals surface area contributed by atoms with Crippen molar-refractivity contribution < 1.29 is 36.3 Å². The maximum Gasteiger partial charge on any atom is 0.389 e. The molecule has 0 bridgehead atoms. The fraction of sp³-hybridized carbons (Fsp3) is 0.833. The minimum Gasteiger partial charge on any atom is -0.481 e. The molecule has 0 radical (unpaired) electrons. The van der Waals surface area contributed by atoms with Crippen LogP contribution >= 0.6 is 0 Å². The van der Waals surface area contributed by atoms with Gasteiger partial charge in [-0.05, 0) is 0 Å². The molecule has 2 aliphatic rings. The van der Waals surface area contributed by atoms with Crippen molar-refractivity contribution in [2.75, 3.05) is 32.4 Å². The highest BCUT2D eigenvalue weighted by Crippen LogP contribution is 2.44. The molecule has 1 N–H and O–H groups in total. The molecule has 2 saturated heterocycles. The van der Waals surface area contributed by atoms with Crippen molar-refractivity contribution in [3.8, 4) is 0 Å². The zero-order chi connectivity index (χ0) is 17.6. The number of nitrogens with zero attached hydrogens (tertiary/aromatic N) is 2. The second kappa shape index (κ2) is 5.62. The molecule has 2 rings (SSSR count). The number of sulfonamides is 1. The number of alkyl halides is 3. The van der Waals surface area contributed by atoms with E-state index in [0.717, 1.165) is 15.5 Å². The number of carbonyl (C=O) groups is 2. The zero-order valence-corrected chi connectivity index (χ0v) is 13.2. The molecule has 1 amide bonds. The summed E-state index contributed by atoms with van der Waals surface area (Å²) in [6.07, 6.45) is -5.48. The van der Waals surface area contributed by atoms with E-state index in [0.29, 0.717) is 0 Å². The average Bonchev–Trinajstić information content (AvgIpc) is 2.88. The number of likely N-dealkylation sites (tertiary alicyclic amines) is 1. The lowest BCUT2D eigenvalue weighted by Gasteiger charge is -2.24. The van der Waals surface area contributed by atoms with E-state index in [2.05, 4.69) is 0 Å². The minimum atomic E-state index is -4.46. The van der Waals surface area contributed by atoms with Gasteiger partial charge in [0.05, 0.1) is 12.7 Å². The van der Waals surface area contributed by atoms with Gasteiger partial charge in [-0.15, -0.1) is 0 Å². The number of aliphatic carboxylic acids is 1. The monoisotopic (exact) mass is 358 g/mol. The molecule has 0 aromatic rings. The molecule has 0 spiro atoms. The van der Waals surface area contributed by atoms with Gasteiger partial charge in [-0.3, -0.25) is 9.59 Å². The number of halogens is 3. The summed E-state index contributed by atoms with van der Waals surface area (Å²) in [4.78, 5) is 24.6. The molecule has 2 aliphatic heterocycles. The summed E-state index contributed by atoms with van der Waals surface area (Å²) in [5, 5.41) is 9.48. The third-order valence-corrected chi connectivity index (χ3v) is 5.66. The standard InChI is InChI=1S/C12H17F3N2O5S/c1-23(21,22)17-5-8-4-16(6-11(8,7-17)10(19)20)9(18)2-3-12(13,14)15/h8H,2-7H2,1H3,(H,19,20)/t8-,11-/m1/s1. The Hall–Kier alpha value is -1.36. The summed E-state index contributed by atoms with van der Waals surface area (Å²) in [6.45, 7) is -0.631. The normalized spacial score (nSPS) is 28.9. The van der Waals surface area contributed by atoms with Gasteiger partial charge in [-0.25, -0.2) is 12.7 Å². The van der Waals surface area contributed by atoms with Crippen molar-refractivity contribution in [1.82, 2.24) is 9.21 Å². The third kappa shape index (κ3) is 3.60. The molecule has 132 valence electrons. The Morgan fingerprint density at radius 2 is 1.87 bits per heavy atom. The molecule has 0 aromatic carbocycles. The van der Waals surface area contributed by atoms with Crippen molar-refractivity contribution in [1.29, 1.82) is 0 Å². The zero-order valence-electron chi connectivity index (χ0n) is 12.3. The molecule has 0 aliphatic carbocycles. The Bertz CT molecular complexity index is 621. The van der Waals surface area contributed by atoms with Crippen LogP contribution in [0, 0.1) is 11.3 Å².